The summed E-state index contributed by atoms with van der Waals surface area (Å²) >= 11 is 0. The highest BCUT2D eigenvalue weighted by Crippen LogP contribution is 2.40. The number of rotatable bonds is 8. The lowest BCUT2D eigenvalue weighted by Gasteiger charge is -2.13. The third-order valence-electron chi connectivity index (χ3n) is 5.65. The molecule has 0 radical (unpaired) electrons. The highest BCUT2D eigenvalue weighted by molar-refractivity contribution is 5.54. The van der Waals surface area contributed by atoms with Gasteiger partial charge in [-0.2, -0.15) is 0 Å². The van der Waals surface area contributed by atoms with Crippen LogP contribution >= 0.6 is 0 Å². The monoisotopic (exact) mass is 474 g/mol. The molecule has 0 heterocycles. The summed E-state index contributed by atoms with van der Waals surface area (Å²) in [4.78, 5) is 0. The van der Waals surface area contributed by atoms with Gasteiger partial charge in [0.2, 0.25) is 5.75 Å². The standard InChI is InChI=1S/C28H26O7/c29-21-3-1-2-17(10-21)4-6-19-11-22(30)16-23(12-19)35-27-15-20(14-26(33)28(27)34)7-5-18-8-9-24(31)25(32)13-18/h1-3,8-16,29-34H,4-7H2. The van der Waals surface area contributed by atoms with E-state index in [-0.39, 0.29) is 34.5 Å². The summed E-state index contributed by atoms with van der Waals surface area (Å²) in [6.45, 7) is 0. The summed E-state index contributed by atoms with van der Waals surface area (Å²) in [6, 6.07) is 19.4. The van der Waals surface area contributed by atoms with E-state index in [1.165, 1.54) is 24.3 Å². The highest BCUT2D eigenvalue weighted by Gasteiger charge is 2.13. The molecule has 7 nitrogen and oxygen atoms in total. The van der Waals surface area contributed by atoms with Crippen molar-refractivity contribution in [2.24, 2.45) is 0 Å². The van der Waals surface area contributed by atoms with E-state index in [0.29, 0.717) is 37.0 Å². The predicted octanol–water partition coefficient (Wildman–Crippen LogP) is 5.28. The molecule has 0 bridgehead atoms. The molecule has 0 unspecified atom stereocenters. The number of hydrogen-bond donors (Lipinski definition) is 6. The number of aryl methyl sites for hydroxylation is 4. The smallest absolute Gasteiger partial charge is 0.201 e. The Morgan fingerprint density at radius 3 is 1.83 bits per heavy atom. The fraction of sp³-hybridized carbons (Fsp3) is 0.143. The highest BCUT2D eigenvalue weighted by atomic mass is 16.5. The molecule has 0 aliphatic carbocycles. The number of phenols is 6. The van der Waals surface area contributed by atoms with Gasteiger partial charge in [-0.3, -0.25) is 0 Å². The second-order valence-electron chi connectivity index (χ2n) is 8.39. The van der Waals surface area contributed by atoms with Crippen LogP contribution in [0.4, 0.5) is 0 Å². The summed E-state index contributed by atoms with van der Waals surface area (Å²) < 4.78 is 5.83. The van der Waals surface area contributed by atoms with Crippen LogP contribution in [0.5, 0.6) is 46.0 Å². The first-order chi connectivity index (χ1) is 16.8. The first-order valence-corrected chi connectivity index (χ1v) is 11.1. The number of hydrogen-bond acceptors (Lipinski definition) is 7. The van der Waals surface area contributed by atoms with Crippen molar-refractivity contribution in [2.75, 3.05) is 0 Å². The second kappa shape index (κ2) is 10.2. The van der Waals surface area contributed by atoms with Crippen LogP contribution in [0, 0.1) is 0 Å². The number of phenolic OH excluding ortho intramolecular Hbond substituents is 6. The van der Waals surface area contributed by atoms with Crippen LogP contribution in [-0.2, 0) is 25.7 Å². The molecule has 4 aromatic carbocycles. The SMILES string of the molecule is Oc1cccc(CCc2cc(O)cc(Oc3cc(CCc4ccc(O)c(O)c4)cc(O)c3O)c2)c1. The van der Waals surface area contributed by atoms with Gasteiger partial charge in [0.1, 0.15) is 17.2 Å². The Balaban J connectivity index is 1.49. The average Bonchev–Trinajstić information content (AvgIpc) is 2.81. The molecule has 0 spiro atoms. The molecule has 4 rings (SSSR count). The number of ether oxygens (including phenoxy) is 1. The van der Waals surface area contributed by atoms with Crippen molar-refractivity contribution in [2.45, 2.75) is 25.7 Å². The maximum absolute atomic E-state index is 10.3. The van der Waals surface area contributed by atoms with Crippen molar-refractivity contribution in [1.29, 1.82) is 0 Å². The molecule has 0 amide bonds. The van der Waals surface area contributed by atoms with Crippen molar-refractivity contribution >= 4 is 0 Å². The van der Waals surface area contributed by atoms with Gasteiger partial charge in [0.15, 0.2) is 23.0 Å². The molecular weight excluding hydrogens is 448 g/mol. The zero-order chi connectivity index (χ0) is 24.9. The van der Waals surface area contributed by atoms with Crippen molar-refractivity contribution in [3.05, 3.63) is 95.1 Å². The van der Waals surface area contributed by atoms with E-state index >= 15 is 0 Å². The van der Waals surface area contributed by atoms with Crippen LogP contribution in [0.1, 0.15) is 22.3 Å². The van der Waals surface area contributed by atoms with Gasteiger partial charge < -0.3 is 35.4 Å². The van der Waals surface area contributed by atoms with E-state index in [4.69, 9.17) is 4.74 Å². The minimum atomic E-state index is -0.416. The number of benzene rings is 4. The Morgan fingerprint density at radius 1 is 0.486 bits per heavy atom. The molecule has 4 aromatic rings. The van der Waals surface area contributed by atoms with Gasteiger partial charge >= 0.3 is 0 Å². The van der Waals surface area contributed by atoms with Gasteiger partial charge in [-0.05, 0) is 96.5 Å². The Labute approximate surface area is 202 Å². The van der Waals surface area contributed by atoms with Crippen LogP contribution in [0.3, 0.4) is 0 Å². The van der Waals surface area contributed by atoms with E-state index in [2.05, 4.69) is 0 Å². The van der Waals surface area contributed by atoms with Crippen molar-refractivity contribution in [3.8, 4) is 46.0 Å². The van der Waals surface area contributed by atoms with Crippen LogP contribution in [0.2, 0.25) is 0 Å². The molecule has 7 heteroatoms. The van der Waals surface area contributed by atoms with Crippen LogP contribution in [0.25, 0.3) is 0 Å². The van der Waals surface area contributed by atoms with Crippen molar-refractivity contribution < 1.29 is 35.4 Å². The third kappa shape index (κ3) is 6.09. The Hall–Kier alpha value is -4.52. The minimum absolute atomic E-state index is 0.000383. The summed E-state index contributed by atoms with van der Waals surface area (Å²) in [5, 5.41) is 59.5. The predicted molar refractivity (Wildman–Crippen MR) is 131 cm³/mol. The topological polar surface area (TPSA) is 131 Å². The molecule has 0 atom stereocenters. The molecule has 35 heavy (non-hydrogen) atoms. The van der Waals surface area contributed by atoms with E-state index in [1.807, 2.05) is 6.07 Å². The van der Waals surface area contributed by atoms with Gasteiger partial charge in [0.25, 0.3) is 0 Å². The first-order valence-electron chi connectivity index (χ1n) is 11.1. The lowest BCUT2D eigenvalue weighted by atomic mass is 10.0. The largest absolute Gasteiger partial charge is 0.508 e. The summed E-state index contributed by atoms with van der Waals surface area (Å²) in [5.74, 6) is -0.622. The Bertz CT molecular complexity index is 1350. The zero-order valence-electron chi connectivity index (χ0n) is 18.8. The van der Waals surface area contributed by atoms with Crippen molar-refractivity contribution in [1.82, 2.24) is 0 Å². The summed E-state index contributed by atoms with van der Waals surface area (Å²) in [6.07, 6.45) is 2.23. The van der Waals surface area contributed by atoms with Gasteiger partial charge in [-0.15, -0.1) is 0 Å². The van der Waals surface area contributed by atoms with E-state index in [9.17, 15) is 30.6 Å². The van der Waals surface area contributed by atoms with E-state index < -0.39 is 5.75 Å². The minimum Gasteiger partial charge on any atom is -0.508 e. The van der Waals surface area contributed by atoms with Crippen LogP contribution in [0.15, 0.2) is 72.8 Å². The molecule has 0 saturated heterocycles. The lowest BCUT2D eigenvalue weighted by molar-refractivity contribution is 0.371. The molecule has 6 N–H and O–H groups in total. The first kappa shape index (κ1) is 23.6. The third-order valence-corrected chi connectivity index (χ3v) is 5.65. The van der Waals surface area contributed by atoms with E-state index in [0.717, 1.165) is 16.7 Å². The molecule has 180 valence electrons. The van der Waals surface area contributed by atoms with Gasteiger partial charge in [0.05, 0.1) is 0 Å². The maximum atomic E-state index is 10.3. The van der Waals surface area contributed by atoms with Crippen LogP contribution < -0.4 is 4.74 Å². The number of aromatic hydroxyl groups is 6. The molecule has 0 aliphatic rings. The quantitative estimate of drug-likeness (QED) is 0.192. The van der Waals surface area contributed by atoms with Crippen LogP contribution in [-0.4, -0.2) is 30.6 Å². The molecule has 0 fully saturated rings. The molecule has 0 saturated carbocycles. The summed E-state index contributed by atoms with van der Waals surface area (Å²) in [7, 11) is 0. The van der Waals surface area contributed by atoms with Gasteiger partial charge in [0, 0.05) is 6.07 Å². The second-order valence-corrected chi connectivity index (χ2v) is 8.39. The molecular formula is C28H26O7. The lowest BCUT2D eigenvalue weighted by Crippen LogP contribution is -1.95. The van der Waals surface area contributed by atoms with Crippen molar-refractivity contribution in [3.63, 3.8) is 0 Å². The van der Waals surface area contributed by atoms with E-state index in [1.54, 1.807) is 42.5 Å². The fourth-order valence-electron chi connectivity index (χ4n) is 3.86. The van der Waals surface area contributed by atoms with Gasteiger partial charge in [-0.25, -0.2) is 0 Å². The molecule has 0 aromatic heterocycles. The fourth-order valence-corrected chi connectivity index (χ4v) is 3.86. The van der Waals surface area contributed by atoms with Gasteiger partial charge in [-0.1, -0.05) is 18.2 Å². The Kier molecular flexibility index (Phi) is 6.87. The zero-order valence-corrected chi connectivity index (χ0v) is 18.8. The normalized spacial score (nSPS) is 10.9. The Morgan fingerprint density at radius 2 is 1.11 bits per heavy atom. The molecule has 0 aliphatic heterocycles. The average molecular weight is 475 g/mol. The maximum Gasteiger partial charge on any atom is 0.201 e. The summed E-state index contributed by atoms with van der Waals surface area (Å²) in [5.41, 5.74) is 3.23.